The van der Waals surface area contributed by atoms with Gasteiger partial charge in [0.05, 0.1) is 5.69 Å². The molecule has 0 aliphatic rings. The van der Waals surface area contributed by atoms with Crippen molar-refractivity contribution >= 4 is 34.4 Å². The van der Waals surface area contributed by atoms with Crippen LogP contribution < -0.4 is 0 Å². The number of thioether (sulfide) groups is 1. The molecule has 3 heterocycles. The van der Waals surface area contributed by atoms with Crippen molar-refractivity contribution in [2.24, 2.45) is 0 Å². The van der Waals surface area contributed by atoms with E-state index in [4.69, 9.17) is 4.98 Å². The van der Waals surface area contributed by atoms with Crippen LogP contribution in [0, 0.1) is 6.92 Å². The van der Waals surface area contributed by atoms with Crippen molar-refractivity contribution in [2.75, 3.05) is 0 Å². The fourth-order valence-corrected chi connectivity index (χ4v) is 5.27. The molecule has 7 heteroatoms. The molecular weight excluding hydrogens is 404 g/mol. The minimum absolute atomic E-state index is 0.710. The second-order valence-corrected chi connectivity index (χ2v) is 9.19. The van der Waals surface area contributed by atoms with Crippen molar-refractivity contribution < 1.29 is 0 Å². The van der Waals surface area contributed by atoms with Gasteiger partial charge in [-0.25, -0.2) is 4.98 Å². The molecule has 0 amide bonds. The molecule has 0 bridgehead atoms. The lowest BCUT2D eigenvalue weighted by Crippen LogP contribution is -2.04. The van der Waals surface area contributed by atoms with Gasteiger partial charge in [-0.2, -0.15) is 0 Å². The fourth-order valence-electron chi connectivity index (χ4n) is 2.78. The summed E-state index contributed by atoms with van der Waals surface area (Å²) in [6, 6.07) is 12.7. The van der Waals surface area contributed by atoms with Gasteiger partial charge in [0.2, 0.25) is 0 Å². The Balaban J connectivity index is 1.46. The Kier molecular flexibility index (Phi) is 6.04. The van der Waals surface area contributed by atoms with Crippen LogP contribution in [0.2, 0.25) is 0 Å². The van der Waals surface area contributed by atoms with Crippen molar-refractivity contribution in [1.82, 2.24) is 19.7 Å². The predicted octanol–water partition coefficient (Wildman–Crippen LogP) is 5.84. The van der Waals surface area contributed by atoms with E-state index in [1.54, 1.807) is 34.4 Å². The molecule has 0 aliphatic heterocycles. The first-order valence-electron chi connectivity index (χ1n) is 8.92. The van der Waals surface area contributed by atoms with E-state index in [1.165, 1.54) is 16.0 Å². The first kappa shape index (κ1) is 19.1. The van der Waals surface area contributed by atoms with Crippen LogP contribution >= 0.6 is 34.4 Å². The van der Waals surface area contributed by atoms with Crippen molar-refractivity contribution in [3.63, 3.8) is 0 Å². The normalized spacial score (nSPS) is 11.0. The molecule has 28 heavy (non-hydrogen) atoms. The predicted molar refractivity (Wildman–Crippen MR) is 119 cm³/mol. The van der Waals surface area contributed by atoms with Crippen LogP contribution in [-0.4, -0.2) is 19.7 Å². The summed E-state index contributed by atoms with van der Waals surface area (Å²) >= 11 is 5.10. The van der Waals surface area contributed by atoms with E-state index in [2.05, 4.69) is 75.4 Å². The van der Waals surface area contributed by atoms with Gasteiger partial charge in [0.15, 0.2) is 5.16 Å². The Bertz CT molecular complexity index is 1050. The zero-order valence-corrected chi connectivity index (χ0v) is 18.0. The first-order valence-corrected chi connectivity index (χ1v) is 11.7. The van der Waals surface area contributed by atoms with Gasteiger partial charge < -0.3 is 4.57 Å². The monoisotopic (exact) mass is 424 g/mol. The summed E-state index contributed by atoms with van der Waals surface area (Å²) < 4.78 is 2.14. The van der Waals surface area contributed by atoms with Gasteiger partial charge in [-0.3, -0.25) is 0 Å². The fraction of sp³-hybridized carbons (Fsp3) is 0.190. The molecule has 0 N–H and O–H groups in total. The van der Waals surface area contributed by atoms with Gasteiger partial charge in [0.25, 0.3) is 0 Å². The van der Waals surface area contributed by atoms with E-state index in [9.17, 15) is 0 Å². The second-order valence-electron chi connectivity index (χ2n) is 6.35. The lowest BCUT2D eigenvalue weighted by atomic mass is 10.2. The number of aromatic nitrogens is 4. The lowest BCUT2D eigenvalue weighted by Gasteiger charge is -2.06. The third kappa shape index (κ3) is 4.43. The summed E-state index contributed by atoms with van der Waals surface area (Å²) in [4.78, 5) is 6.08. The molecule has 4 rings (SSSR count). The Labute approximate surface area is 177 Å². The number of allylic oxidation sites excluding steroid dienone is 1. The number of hydrogen-bond acceptors (Lipinski definition) is 6. The molecule has 0 spiro atoms. The maximum Gasteiger partial charge on any atom is 0.191 e. The number of aryl methyl sites for hydroxylation is 1. The third-order valence-electron chi connectivity index (χ3n) is 4.22. The van der Waals surface area contributed by atoms with E-state index >= 15 is 0 Å². The molecule has 1 aromatic carbocycles. The van der Waals surface area contributed by atoms with E-state index < -0.39 is 0 Å². The molecule has 3 aromatic heterocycles. The first-order chi connectivity index (χ1) is 13.7. The summed E-state index contributed by atoms with van der Waals surface area (Å²) in [5.41, 5.74) is 3.49. The van der Waals surface area contributed by atoms with Gasteiger partial charge in [-0.15, -0.1) is 39.4 Å². The summed E-state index contributed by atoms with van der Waals surface area (Å²) in [5, 5.41) is 15.0. The number of hydrogen-bond donors (Lipinski definition) is 0. The molecule has 0 fully saturated rings. The molecule has 142 valence electrons. The maximum absolute atomic E-state index is 4.79. The highest BCUT2D eigenvalue weighted by molar-refractivity contribution is 7.98. The van der Waals surface area contributed by atoms with Crippen molar-refractivity contribution in [3.05, 3.63) is 81.8 Å². The minimum atomic E-state index is 0.710. The van der Waals surface area contributed by atoms with E-state index in [0.29, 0.717) is 6.54 Å². The maximum atomic E-state index is 4.79. The van der Waals surface area contributed by atoms with Crippen LogP contribution in [0.1, 0.15) is 22.0 Å². The van der Waals surface area contributed by atoms with E-state index in [0.717, 1.165) is 33.9 Å². The van der Waals surface area contributed by atoms with Crippen molar-refractivity contribution in [2.45, 2.75) is 30.8 Å². The zero-order chi connectivity index (χ0) is 19.3. The molecule has 0 unspecified atom stereocenters. The molecule has 4 nitrogen and oxygen atoms in total. The molecule has 0 aliphatic carbocycles. The summed E-state index contributed by atoms with van der Waals surface area (Å²) in [7, 11) is 0. The molecule has 0 atom stereocenters. The van der Waals surface area contributed by atoms with Crippen LogP contribution in [0.4, 0.5) is 0 Å². The highest BCUT2D eigenvalue weighted by Gasteiger charge is 2.14. The van der Waals surface area contributed by atoms with Gasteiger partial charge in [0.1, 0.15) is 10.8 Å². The number of benzene rings is 1. The highest BCUT2D eigenvalue weighted by atomic mass is 32.2. The topological polar surface area (TPSA) is 43.6 Å². The summed E-state index contributed by atoms with van der Waals surface area (Å²) in [6.07, 6.45) is 2.69. The zero-order valence-electron chi connectivity index (χ0n) is 15.5. The molecular formula is C21H20N4S3. The molecule has 4 aromatic rings. The van der Waals surface area contributed by atoms with E-state index in [1.807, 2.05) is 6.08 Å². The van der Waals surface area contributed by atoms with E-state index in [-0.39, 0.29) is 0 Å². The van der Waals surface area contributed by atoms with Crippen LogP contribution in [0.15, 0.2) is 65.0 Å². The van der Waals surface area contributed by atoms with Gasteiger partial charge in [-0.1, -0.05) is 53.7 Å². The number of thiazole rings is 1. The summed E-state index contributed by atoms with van der Waals surface area (Å²) in [5.74, 6) is 1.75. The molecule has 0 saturated heterocycles. The number of nitrogens with zero attached hydrogens (tertiary/aromatic N) is 4. The number of rotatable bonds is 8. The number of thiophene rings is 1. The van der Waals surface area contributed by atoms with Gasteiger partial charge >= 0.3 is 0 Å². The highest BCUT2D eigenvalue weighted by Crippen LogP contribution is 2.28. The second kappa shape index (κ2) is 8.86. The Morgan fingerprint density at radius 2 is 2.00 bits per heavy atom. The Morgan fingerprint density at radius 3 is 2.75 bits per heavy atom. The average Bonchev–Trinajstić information content (AvgIpc) is 3.44. The molecule has 0 saturated carbocycles. The summed E-state index contributed by atoms with van der Waals surface area (Å²) in [6.45, 7) is 6.69. The van der Waals surface area contributed by atoms with Crippen LogP contribution in [0.5, 0.6) is 0 Å². The minimum Gasteiger partial charge on any atom is -0.302 e. The largest absolute Gasteiger partial charge is 0.302 e. The average molecular weight is 425 g/mol. The van der Waals surface area contributed by atoms with Crippen LogP contribution in [0.25, 0.3) is 10.6 Å². The van der Waals surface area contributed by atoms with Gasteiger partial charge in [-0.05, 0) is 18.4 Å². The standard InChI is InChI=1S/C21H20N4S3/c1-3-10-25-19(12-18-5-4-11-26-18)23-24-21(25)28-14-17-13-27-20(22-17)16-8-6-15(2)7-9-16/h3-9,11,13H,1,10,12,14H2,2H3. The Hall–Kier alpha value is -2.22. The third-order valence-corrected chi connectivity index (χ3v) is 7.03. The van der Waals surface area contributed by atoms with Crippen LogP contribution in [-0.2, 0) is 18.7 Å². The van der Waals surface area contributed by atoms with Crippen LogP contribution in [0.3, 0.4) is 0 Å². The smallest absolute Gasteiger partial charge is 0.191 e. The quantitative estimate of drug-likeness (QED) is 0.263. The van der Waals surface area contributed by atoms with Gasteiger partial charge in [0, 0.05) is 34.5 Å². The van der Waals surface area contributed by atoms with Crippen molar-refractivity contribution in [3.8, 4) is 10.6 Å². The Morgan fingerprint density at radius 1 is 1.14 bits per heavy atom. The SMILES string of the molecule is C=CCn1c(Cc2cccs2)nnc1SCc1csc(-c2ccc(C)cc2)n1. The molecule has 0 radical (unpaired) electrons. The van der Waals surface area contributed by atoms with Crippen molar-refractivity contribution in [1.29, 1.82) is 0 Å². The lowest BCUT2D eigenvalue weighted by molar-refractivity contribution is 0.692.